The van der Waals surface area contributed by atoms with Crippen LogP contribution in [0.1, 0.15) is 44.9 Å². The molecule has 3 fully saturated rings. The van der Waals surface area contributed by atoms with Gasteiger partial charge in [-0.3, -0.25) is 0 Å². The zero-order valence-electron chi connectivity index (χ0n) is 10.1. The number of piperidine rings is 1. The van der Waals surface area contributed by atoms with Crippen LogP contribution in [0, 0.1) is 0 Å². The van der Waals surface area contributed by atoms with E-state index in [9.17, 15) is 5.11 Å². The van der Waals surface area contributed by atoms with Crippen molar-refractivity contribution in [3.8, 4) is 0 Å². The molecule has 0 aromatic rings. The molecule has 92 valence electrons. The molecule has 0 amide bonds. The average molecular weight is 224 g/mol. The minimum atomic E-state index is -0.0818. The van der Waals surface area contributed by atoms with E-state index in [2.05, 4.69) is 10.2 Å². The van der Waals surface area contributed by atoms with Gasteiger partial charge in [0.25, 0.3) is 0 Å². The number of nitrogens with zero attached hydrogens (tertiary/aromatic N) is 1. The third kappa shape index (κ3) is 2.13. The third-order valence-corrected chi connectivity index (χ3v) is 4.75. The second-order valence-corrected chi connectivity index (χ2v) is 5.82. The molecule has 0 bridgehead atoms. The highest BCUT2D eigenvalue weighted by Crippen LogP contribution is 2.28. The van der Waals surface area contributed by atoms with Gasteiger partial charge in [0.1, 0.15) is 0 Å². The van der Waals surface area contributed by atoms with E-state index in [1.165, 1.54) is 51.6 Å². The molecular weight excluding hydrogens is 200 g/mol. The maximum absolute atomic E-state index is 9.83. The summed E-state index contributed by atoms with van der Waals surface area (Å²) in [5.41, 5.74) is 0. The van der Waals surface area contributed by atoms with E-state index >= 15 is 0 Å². The Kier molecular flexibility index (Phi) is 3.18. The molecule has 1 aliphatic carbocycles. The summed E-state index contributed by atoms with van der Waals surface area (Å²) in [6.45, 7) is 2.59. The standard InChI is InChI=1S/C13H24N2O/c16-13-5-1-4-12(13)14-10-6-8-15-7-2-3-11(15)9-10/h10-14,16H,1-9H2/t10?,11?,12-,13-/m1/s1. The van der Waals surface area contributed by atoms with Crippen molar-refractivity contribution in [1.82, 2.24) is 10.2 Å². The fraction of sp³-hybridized carbons (Fsp3) is 1.00. The van der Waals surface area contributed by atoms with Crippen LogP contribution in [0.25, 0.3) is 0 Å². The van der Waals surface area contributed by atoms with Gasteiger partial charge in [0.05, 0.1) is 6.10 Å². The Balaban J connectivity index is 1.52. The van der Waals surface area contributed by atoms with Gasteiger partial charge < -0.3 is 15.3 Å². The molecule has 4 atom stereocenters. The van der Waals surface area contributed by atoms with E-state index < -0.39 is 0 Å². The van der Waals surface area contributed by atoms with Crippen LogP contribution in [-0.2, 0) is 0 Å². The second-order valence-electron chi connectivity index (χ2n) is 5.82. The lowest BCUT2D eigenvalue weighted by Gasteiger charge is -2.37. The number of nitrogens with one attached hydrogen (secondary N) is 1. The molecule has 2 aliphatic heterocycles. The van der Waals surface area contributed by atoms with Crippen molar-refractivity contribution in [3.05, 3.63) is 0 Å². The maximum atomic E-state index is 9.83. The fourth-order valence-electron chi connectivity index (χ4n) is 3.81. The molecule has 1 saturated carbocycles. The first kappa shape index (κ1) is 11.0. The van der Waals surface area contributed by atoms with E-state index in [-0.39, 0.29) is 6.10 Å². The second kappa shape index (κ2) is 4.63. The lowest BCUT2D eigenvalue weighted by molar-refractivity contribution is 0.117. The average Bonchev–Trinajstić information content (AvgIpc) is 2.88. The molecular formula is C13H24N2O. The van der Waals surface area contributed by atoms with Crippen molar-refractivity contribution in [2.45, 2.75) is 69.2 Å². The summed E-state index contributed by atoms with van der Waals surface area (Å²) in [7, 11) is 0. The third-order valence-electron chi connectivity index (χ3n) is 4.75. The molecule has 2 heterocycles. The smallest absolute Gasteiger partial charge is 0.0693 e. The summed E-state index contributed by atoms with van der Waals surface area (Å²) in [6.07, 6.45) is 8.66. The quantitative estimate of drug-likeness (QED) is 0.738. The summed E-state index contributed by atoms with van der Waals surface area (Å²) < 4.78 is 0. The fourth-order valence-corrected chi connectivity index (χ4v) is 3.81. The van der Waals surface area contributed by atoms with Crippen molar-refractivity contribution in [2.24, 2.45) is 0 Å². The van der Waals surface area contributed by atoms with E-state index in [4.69, 9.17) is 0 Å². The Labute approximate surface area is 98.2 Å². The van der Waals surface area contributed by atoms with E-state index in [0.717, 1.165) is 12.5 Å². The van der Waals surface area contributed by atoms with Gasteiger partial charge in [0.15, 0.2) is 0 Å². The molecule has 3 heteroatoms. The Morgan fingerprint density at radius 1 is 1.00 bits per heavy atom. The van der Waals surface area contributed by atoms with Gasteiger partial charge >= 0.3 is 0 Å². The summed E-state index contributed by atoms with van der Waals surface area (Å²) >= 11 is 0. The molecule has 0 aromatic carbocycles. The number of fused-ring (bicyclic) bond motifs is 1. The number of hydrogen-bond acceptors (Lipinski definition) is 3. The van der Waals surface area contributed by atoms with Crippen LogP contribution in [0.3, 0.4) is 0 Å². The van der Waals surface area contributed by atoms with Crippen LogP contribution in [0.5, 0.6) is 0 Å². The zero-order valence-corrected chi connectivity index (χ0v) is 10.1. The molecule has 2 saturated heterocycles. The number of aliphatic hydroxyl groups excluding tert-OH is 1. The molecule has 0 radical (unpaired) electrons. The molecule has 2 N–H and O–H groups in total. The first-order chi connectivity index (χ1) is 7.83. The predicted octanol–water partition coefficient (Wildman–Crippen LogP) is 1.12. The van der Waals surface area contributed by atoms with Crippen molar-refractivity contribution < 1.29 is 5.11 Å². The first-order valence-electron chi connectivity index (χ1n) is 7.01. The van der Waals surface area contributed by atoms with Crippen molar-refractivity contribution in [2.75, 3.05) is 13.1 Å². The number of aliphatic hydroxyl groups is 1. The van der Waals surface area contributed by atoms with E-state index in [1.54, 1.807) is 0 Å². The van der Waals surface area contributed by atoms with Crippen molar-refractivity contribution >= 4 is 0 Å². The molecule has 2 unspecified atom stereocenters. The van der Waals surface area contributed by atoms with Gasteiger partial charge in [-0.15, -0.1) is 0 Å². The summed E-state index contributed by atoms with van der Waals surface area (Å²) in [5.74, 6) is 0. The van der Waals surface area contributed by atoms with Crippen LogP contribution in [0.15, 0.2) is 0 Å². The molecule has 3 nitrogen and oxygen atoms in total. The molecule has 16 heavy (non-hydrogen) atoms. The minimum Gasteiger partial charge on any atom is -0.392 e. The Bertz CT molecular complexity index is 246. The van der Waals surface area contributed by atoms with Crippen LogP contribution < -0.4 is 5.32 Å². The number of hydrogen-bond donors (Lipinski definition) is 2. The normalized spacial score (nSPS) is 44.8. The first-order valence-corrected chi connectivity index (χ1v) is 7.01. The SMILES string of the molecule is O[C@@H]1CCC[C@H]1NC1CCN2CCCC2C1. The highest BCUT2D eigenvalue weighted by molar-refractivity contribution is 4.92. The summed E-state index contributed by atoms with van der Waals surface area (Å²) in [6, 6.07) is 1.89. The van der Waals surface area contributed by atoms with Crippen molar-refractivity contribution in [1.29, 1.82) is 0 Å². The van der Waals surface area contributed by atoms with Crippen LogP contribution in [0.4, 0.5) is 0 Å². The highest BCUT2D eigenvalue weighted by Gasteiger charge is 2.34. The van der Waals surface area contributed by atoms with Gasteiger partial charge in [0, 0.05) is 18.1 Å². The highest BCUT2D eigenvalue weighted by atomic mass is 16.3. The monoisotopic (exact) mass is 224 g/mol. The van der Waals surface area contributed by atoms with Crippen LogP contribution >= 0.6 is 0 Å². The molecule has 3 aliphatic rings. The van der Waals surface area contributed by atoms with E-state index in [0.29, 0.717) is 12.1 Å². The molecule has 0 spiro atoms. The van der Waals surface area contributed by atoms with Gasteiger partial charge in [-0.25, -0.2) is 0 Å². The Morgan fingerprint density at radius 2 is 1.94 bits per heavy atom. The molecule has 0 aromatic heterocycles. The molecule has 3 rings (SSSR count). The van der Waals surface area contributed by atoms with Gasteiger partial charge in [-0.05, 0) is 58.0 Å². The Hall–Kier alpha value is -0.120. The Morgan fingerprint density at radius 3 is 2.75 bits per heavy atom. The topological polar surface area (TPSA) is 35.5 Å². The van der Waals surface area contributed by atoms with Crippen LogP contribution in [-0.4, -0.2) is 47.3 Å². The van der Waals surface area contributed by atoms with E-state index in [1.807, 2.05) is 0 Å². The lowest BCUT2D eigenvalue weighted by Crippen LogP contribution is -2.50. The number of rotatable bonds is 2. The van der Waals surface area contributed by atoms with Gasteiger partial charge in [-0.1, -0.05) is 0 Å². The van der Waals surface area contributed by atoms with Crippen LogP contribution in [0.2, 0.25) is 0 Å². The predicted molar refractivity (Wildman–Crippen MR) is 64.4 cm³/mol. The van der Waals surface area contributed by atoms with Gasteiger partial charge in [-0.2, -0.15) is 0 Å². The largest absolute Gasteiger partial charge is 0.392 e. The van der Waals surface area contributed by atoms with Crippen molar-refractivity contribution in [3.63, 3.8) is 0 Å². The minimum absolute atomic E-state index is 0.0818. The lowest BCUT2D eigenvalue weighted by atomic mass is 9.96. The summed E-state index contributed by atoms with van der Waals surface area (Å²) in [5, 5.41) is 13.5. The maximum Gasteiger partial charge on any atom is 0.0693 e. The summed E-state index contributed by atoms with van der Waals surface area (Å²) in [4.78, 5) is 2.66. The van der Waals surface area contributed by atoms with Gasteiger partial charge in [0.2, 0.25) is 0 Å². The zero-order chi connectivity index (χ0) is 11.0.